The summed E-state index contributed by atoms with van der Waals surface area (Å²) >= 11 is 6.22. The van der Waals surface area contributed by atoms with Crippen LogP contribution in [0.4, 0.5) is 0 Å². The first-order valence-electron chi connectivity index (χ1n) is 6.71. The third kappa shape index (κ3) is 3.11. The van der Waals surface area contributed by atoms with Gasteiger partial charge in [0.25, 0.3) is 0 Å². The van der Waals surface area contributed by atoms with Crippen LogP contribution in [-0.4, -0.2) is 41.7 Å². The van der Waals surface area contributed by atoms with Crippen LogP contribution in [0.25, 0.3) is 0 Å². The lowest BCUT2D eigenvalue weighted by atomic mass is 9.80. The van der Waals surface area contributed by atoms with Gasteiger partial charge in [0.1, 0.15) is 5.60 Å². The maximum atomic E-state index is 10.9. The summed E-state index contributed by atoms with van der Waals surface area (Å²) in [5.74, 6) is 0. The molecule has 0 amide bonds. The van der Waals surface area contributed by atoms with E-state index < -0.39 is 5.60 Å². The molecule has 0 bridgehead atoms. The van der Waals surface area contributed by atoms with Gasteiger partial charge in [-0.3, -0.25) is 4.68 Å². The Balaban J connectivity index is 2.18. The number of methoxy groups -OCH3 is 1. The van der Waals surface area contributed by atoms with E-state index in [9.17, 15) is 5.11 Å². The molecule has 0 saturated heterocycles. The van der Waals surface area contributed by atoms with Gasteiger partial charge in [0.15, 0.2) is 0 Å². The van der Waals surface area contributed by atoms with Gasteiger partial charge in [-0.25, -0.2) is 0 Å². The minimum Gasteiger partial charge on any atom is -0.384 e. The third-order valence-corrected chi connectivity index (χ3v) is 4.24. The van der Waals surface area contributed by atoms with Crippen molar-refractivity contribution >= 4 is 11.6 Å². The Morgan fingerprint density at radius 1 is 1.58 bits per heavy atom. The molecular weight excluding hydrogens is 266 g/mol. The van der Waals surface area contributed by atoms with Crippen molar-refractivity contribution < 1.29 is 9.84 Å². The Morgan fingerprint density at radius 3 is 2.84 bits per heavy atom. The van der Waals surface area contributed by atoms with Gasteiger partial charge in [-0.05, 0) is 32.7 Å². The zero-order chi connectivity index (χ0) is 13.9. The van der Waals surface area contributed by atoms with Gasteiger partial charge in [-0.1, -0.05) is 11.6 Å². The lowest BCUT2D eigenvalue weighted by Gasteiger charge is -2.36. The third-order valence-electron chi connectivity index (χ3n) is 3.96. The number of aliphatic hydroxyl groups is 1. The monoisotopic (exact) mass is 287 g/mol. The lowest BCUT2D eigenvalue weighted by molar-refractivity contribution is -0.0161. The molecule has 1 heterocycles. The predicted octanol–water partition coefficient (Wildman–Crippen LogP) is 1.53. The fraction of sp³-hybridized carbons (Fsp3) is 0.769. The van der Waals surface area contributed by atoms with E-state index in [1.54, 1.807) is 18.0 Å². The number of nitrogens with one attached hydrogen (secondary N) is 1. The first kappa shape index (κ1) is 14.8. The molecule has 0 aromatic carbocycles. The molecule has 108 valence electrons. The van der Waals surface area contributed by atoms with E-state index in [1.165, 1.54) is 0 Å². The fourth-order valence-electron chi connectivity index (χ4n) is 2.79. The van der Waals surface area contributed by atoms with Crippen LogP contribution < -0.4 is 5.32 Å². The van der Waals surface area contributed by atoms with Crippen molar-refractivity contribution in [1.82, 2.24) is 15.1 Å². The zero-order valence-corrected chi connectivity index (χ0v) is 12.3. The van der Waals surface area contributed by atoms with E-state index in [1.807, 2.05) is 7.05 Å². The second-order valence-corrected chi connectivity index (χ2v) is 5.56. The van der Waals surface area contributed by atoms with Crippen molar-refractivity contribution in [3.8, 4) is 0 Å². The Bertz CT molecular complexity index is 414. The van der Waals surface area contributed by atoms with Crippen molar-refractivity contribution in [2.45, 2.75) is 43.9 Å². The largest absolute Gasteiger partial charge is 0.384 e. The van der Waals surface area contributed by atoms with Gasteiger partial charge in [-0.15, -0.1) is 0 Å². The SMILES string of the molecule is CNC1CCC(O)(c2c(Cl)cnn2CCOC)CC1. The summed E-state index contributed by atoms with van der Waals surface area (Å²) in [6, 6.07) is 0.481. The molecule has 19 heavy (non-hydrogen) atoms. The van der Waals surface area contributed by atoms with Gasteiger partial charge < -0.3 is 15.2 Å². The molecule has 1 fully saturated rings. The van der Waals surface area contributed by atoms with E-state index in [-0.39, 0.29) is 0 Å². The molecule has 0 unspecified atom stereocenters. The average molecular weight is 288 g/mol. The van der Waals surface area contributed by atoms with Crippen molar-refractivity contribution in [1.29, 1.82) is 0 Å². The lowest BCUT2D eigenvalue weighted by Crippen LogP contribution is -2.40. The fourth-order valence-corrected chi connectivity index (χ4v) is 3.11. The van der Waals surface area contributed by atoms with E-state index in [0.717, 1.165) is 18.5 Å². The van der Waals surface area contributed by atoms with Crippen LogP contribution in [0, 0.1) is 0 Å². The molecule has 5 nitrogen and oxygen atoms in total. The number of aromatic nitrogens is 2. The molecule has 1 aromatic heterocycles. The highest BCUT2D eigenvalue weighted by Gasteiger charge is 2.38. The summed E-state index contributed by atoms with van der Waals surface area (Å²) in [6.07, 6.45) is 4.90. The zero-order valence-electron chi connectivity index (χ0n) is 11.5. The molecular formula is C13H22ClN3O2. The minimum atomic E-state index is -0.866. The maximum Gasteiger partial charge on any atom is 0.108 e. The summed E-state index contributed by atoms with van der Waals surface area (Å²) < 4.78 is 6.84. The Morgan fingerprint density at radius 2 is 2.26 bits per heavy atom. The van der Waals surface area contributed by atoms with E-state index in [4.69, 9.17) is 16.3 Å². The number of ether oxygens (including phenoxy) is 1. The van der Waals surface area contributed by atoms with Crippen LogP contribution in [0.2, 0.25) is 5.02 Å². The smallest absolute Gasteiger partial charge is 0.108 e. The molecule has 6 heteroatoms. The molecule has 1 aliphatic carbocycles. The highest BCUT2D eigenvalue weighted by atomic mass is 35.5. The van der Waals surface area contributed by atoms with Crippen LogP contribution in [0.15, 0.2) is 6.20 Å². The number of hydrogen-bond donors (Lipinski definition) is 2. The van der Waals surface area contributed by atoms with Crippen molar-refractivity contribution in [3.63, 3.8) is 0 Å². The second kappa shape index (κ2) is 6.22. The first-order valence-corrected chi connectivity index (χ1v) is 7.09. The highest BCUT2D eigenvalue weighted by molar-refractivity contribution is 6.31. The van der Waals surface area contributed by atoms with Gasteiger partial charge in [0.2, 0.25) is 0 Å². The topological polar surface area (TPSA) is 59.3 Å². The second-order valence-electron chi connectivity index (χ2n) is 5.15. The van der Waals surface area contributed by atoms with Crippen molar-refractivity contribution in [2.24, 2.45) is 0 Å². The molecule has 2 rings (SSSR count). The summed E-state index contributed by atoms with van der Waals surface area (Å²) in [5.41, 5.74) is -0.130. The number of halogens is 1. The summed E-state index contributed by atoms with van der Waals surface area (Å²) in [4.78, 5) is 0. The minimum absolute atomic E-state index is 0.481. The molecule has 0 spiro atoms. The molecule has 2 N–H and O–H groups in total. The summed E-state index contributed by atoms with van der Waals surface area (Å²) in [6.45, 7) is 1.16. The Hall–Kier alpha value is -0.620. The molecule has 0 atom stereocenters. The molecule has 0 radical (unpaired) electrons. The van der Waals surface area contributed by atoms with Gasteiger partial charge >= 0.3 is 0 Å². The maximum absolute atomic E-state index is 10.9. The summed E-state index contributed by atoms with van der Waals surface area (Å²) in [5, 5.41) is 18.9. The number of nitrogens with zero attached hydrogens (tertiary/aromatic N) is 2. The Labute approximate surface area is 118 Å². The number of rotatable bonds is 5. The van der Waals surface area contributed by atoms with Crippen LogP contribution >= 0.6 is 11.6 Å². The normalized spacial score (nSPS) is 27.7. The average Bonchev–Trinajstić information content (AvgIpc) is 2.79. The quantitative estimate of drug-likeness (QED) is 0.862. The molecule has 1 saturated carbocycles. The molecule has 0 aliphatic heterocycles. The van der Waals surface area contributed by atoms with Crippen LogP contribution in [-0.2, 0) is 16.9 Å². The van der Waals surface area contributed by atoms with Gasteiger partial charge in [0, 0.05) is 13.2 Å². The van der Waals surface area contributed by atoms with E-state index >= 15 is 0 Å². The standard InChI is InChI=1S/C13H22ClN3O2/c1-15-10-3-5-13(18,6-4-10)12-11(14)9-16-17(12)7-8-19-2/h9-10,15,18H,3-8H2,1-2H3. The Kier molecular flexibility index (Phi) is 4.84. The van der Waals surface area contributed by atoms with Crippen LogP contribution in [0.3, 0.4) is 0 Å². The molecule has 1 aliphatic rings. The van der Waals surface area contributed by atoms with E-state index in [2.05, 4.69) is 10.4 Å². The van der Waals surface area contributed by atoms with Crippen LogP contribution in [0.1, 0.15) is 31.4 Å². The summed E-state index contributed by atoms with van der Waals surface area (Å²) in [7, 11) is 3.61. The van der Waals surface area contributed by atoms with Gasteiger partial charge in [0.05, 0.1) is 30.1 Å². The van der Waals surface area contributed by atoms with Crippen molar-refractivity contribution in [3.05, 3.63) is 16.9 Å². The first-order chi connectivity index (χ1) is 9.10. The van der Waals surface area contributed by atoms with Crippen LogP contribution in [0.5, 0.6) is 0 Å². The van der Waals surface area contributed by atoms with Gasteiger partial charge in [-0.2, -0.15) is 5.10 Å². The molecule has 1 aromatic rings. The van der Waals surface area contributed by atoms with E-state index in [0.29, 0.717) is 37.1 Å². The van der Waals surface area contributed by atoms with Crippen molar-refractivity contribution in [2.75, 3.05) is 20.8 Å². The highest BCUT2D eigenvalue weighted by Crippen LogP contribution is 2.40. The number of hydrogen-bond acceptors (Lipinski definition) is 4. The predicted molar refractivity (Wildman–Crippen MR) is 74.3 cm³/mol.